The second-order valence-electron chi connectivity index (χ2n) is 5.00. The van der Waals surface area contributed by atoms with E-state index in [1.54, 1.807) is 19.9 Å². The van der Waals surface area contributed by atoms with Gasteiger partial charge < -0.3 is 9.47 Å². The van der Waals surface area contributed by atoms with E-state index >= 15 is 0 Å². The molecule has 0 radical (unpaired) electrons. The standard InChI is InChI=1S/C18H24O4/c1-4-13-18(16(19)21-5-2,17(20)22-6-3)14-12-15-10-8-7-9-11-15/h4,7-11H,1,5-6,12-14H2,2-3H3. The lowest BCUT2D eigenvalue weighted by atomic mass is 9.79. The topological polar surface area (TPSA) is 52.6 Å². The van der Waals surface area contributed by atoms with Gasteiger partial charge >= 0.3 is 11.9 Å². The summed E-state index contributed by atoms with van der Waals surface area (Å²) in [5, 5.41) is 0. The van der Waals surface area contributed by atoms with Crippen LogP contribution in [-0.4, -0.2) is 25.2 Å². The summed E-state index contributed by atoms with van der Waals surface area (Å²) in [5.74, 6) is -1.08. The van der Waals surface area contributed by atoms with Crippen molar-refractivity contribution in [3.63, 3.8) is 0 Å². The van der Waals surface area contributed by atoms with Crippen LogP contribution in [0.25, 0.3) is 0 Å². The number of ether oxygens (including phenoxy) is 2. The maximum absolute atomic E-state index is 12.4. The van der Waals surface area contributed by atoms with Crippen molar-refractivity contribution >= 4 is 11.9 Å². The van der Waals surface area contributed by atoms with Crippen LogP contribution in [0, 0.1) is 5.41 Å². The molecule has 0 bridgehead atoms. The molecule has 0 heterocycles. The summed E-state index contributed by atoms with van der Waals surface area (Å²) in [7, 11) is 0. The monoisotopic (exact) mass is 304 g/mol. The molecule has 1 aromatic rings. The lowest BCUT2D eigenvalue weighted by Crippen LogP contribution is -2.42. The van der Waals surface area contributed by atoms with E-state index in [-0.39, 0.29) is 19.6 Å². The molecule has 0 saturated heterocycles. The Kier molecular flexibility index (Phi) is 7.37. The van der Waals surface area contributed by atoms with Gasteiger partial charge in [0.25, 0.3) is 0 Å². The molecule has 0 amide bonds. The van der Waals surface area contributed by atoms with E-state index in [2.05, 4.69) is 6.58 Å². The zero-order valence-corrected chi connectivity index (χ0v) is 13.3. The zero-order chi connectivity index (χ0) is 16.4. The fourth-order valence-corrected chi connectivity index (χ4v) is 2.34. The average molecular weight is 304 g/mol. The average Bonchev–Trinajstić information content (AvgIpc) is 2.53. The molecule has 0 saturated carbocycles. The van der Waals surface area contributed by atoms with Crippen molar-refractivity contribution in [2.45, 2.75) is 33.1 Å². The van der Waals surface area contributed by atoms with Gasteiger partial charge in [0, 0.05) is 0 Å². The summed E-state index contributed by atoms with van der Waals surface area (Å²) in [6, 6.07) is 9.72. The number of allylic oxidation sites excluding steroid dienone is 1. The van der Waals surface area contributed by atoms with Crippen molar-refractivity contribution in [2.75, 3.05) is 13.2 Å². The van der Waals surface area contributed by atoms with Crippen LogP contribution >= 0.6 is 0 Å². The number of hydrogen-bond donors (Lipinski definition) is 0. The van der Waals surface area contributed by atoms with Crippen LogP contribution in [0.4, 0.5) is 0 Å². The Balaban J connectivity index is 3.02. The van der Waals surface area contributed by atoms with E-state index in [4.69, 9.17) is 9.47 Å². The highest BCUT2D eigenvalue weighted by atomic mass is 16.6. The normalized spacial score (nSPS) is 10.8. The fourth-order valence-electron chi connectivity index (χ4n) is 2.34. The molecule has 4 nitrogen and oxygen atoms in total. The first-order valence-corrected chi connectivity index (χ1v) is 7.60. The highest BCUT2D eigenvalue weighted by Crippen LogP contribution is 2.32. The van der Waals surface area contributed by atoms with Crippen LogP contribution in [0.2, 0.25) is 0 Å². The van der Waals surface area contributed by atoms with Crippen molar-refractivity contribution in [1.82, 2.24) is 0 Å². The SMILES string of the molecule is C=CCC(CCc1ccccc1)(C(=O)OCC)C(=O)OCC. The Morgan fingerprint density at radius 1 is 1.09 bits per heavy atom. The predicted octanol–water partition coefficient (Wildman–Crippen LogP) is 3.31. The number of benzene rings is 1. The molecule has 0 fully saturated rings. The van der Waals surface area contributed by atoms with Gasteiger partial charge in [0.15, 0.2) is 5.41 Å². The molecule has 0 atom stereocenters. The van der Waals surface area contributed by atoms with Gasteiger partial charge in [0.1, 0.15) is 0 Å². The van der Waals surface area contributed by atoms with Gasteiger partial charge in [-0.15, -0.1) is 6.58 Å². The molecule has 0 N–H and O–H groups in total. The smallest absolute Gasteiger partial charge is 0.323 e. The third-order valence-corrected chi connectivity index (χ3v) is 3.51. The number of carbonyl (C=O) groups excluding carboxylic acids is 2. The zero-order valence-electron chi connectivity index (χ0n) is 13.3. The van der Waals surface area contributed by atoms with E-state index in [0.717, 1.165) is 5.56 Å². The van der Waals surface area contributed by atoms with Gasteiger partial charge in [-0.2, -0.15) is 0 Å². The Morgan fingerprint density at radius 2 is 1.64 bits per heavy atom. The summed E-state index contributed by atoms with van der Waals surface area (Å²) in [6.07, 6.45) is 2.70. The van der Waals surface area contributed by atoms with Gasteiger partial charge in [-0.05, 0) is 38.7 Å². The summed E-state index contributed by atoms with van der Waals surface area (Å²) in [5.41, 5.74) is -0.256. The molecule has 1 aromatic carbocycles. The molecule has 0 aliphatic carbocycles. The fraction of sp³-hybridized carbons (Fsp3) is 0.444. The van der Waals surface area contributed by atoms with Crippen LogP contribution in [0.3, 0.4) is 0 Å². The van der Waals surface area contributed by atoms with E-state index in [1.807, 2.05) is 30.3 Å². The van der Waals surface area contributed by atoms with E-state index in [1.165, 1.54) is 0 Å². The molecule has 0 aromatic heterocycles. The molecule has 0 unspecified atom stereocenters. The Morgan fingerprint density at radius 3 is 2.09 bits per heavy atom. The van der Waals surface area contributed by atoms with E-state index in [9.17, 15) is 9.59 Å². The van der Waals surface area contributed by atoms with Gasteiger partial charge in [0.2, 0.25) is 0 Å². The number of rotatable bonds is 9. The minimum Gasteiger partial charge on any atom is -0.465 e. The third kappa shape index (κ3) is 4.45. The second-order valence-corrected chi connectivity index (χ2v) is 5.00. The summed E-state index contributed by atoms with van der Waals surface area (Å²) in [6.45, 7) is 7.56. The van der Waals surface area contributed by atoms with Crippen molar-refractivity contribution in [3.05, 3.63) is 48.6 Å². The summed E-state index contributed by atoms with van der Waals surface area (Å²) in [4.78, 5) is 24.8. The molecular weight excluding hydrogens is 280 g/mol. The highest BCUT2D eigenvalue weighted by molar-refractivity contribution is 6.00. The van der Waals surface area contributed by atoms with Gasteiger partial charge in [-0.25, -0.2) is 0 Å². The molecule has 4 heteroatoms. The molecule has 0 spiro atoms. The van der Waals surface area contributed by atoms with Crippen molar-refractivity contribution in [2.24, 2.45) is 5.41 Å². The number of esters is 2. The van der Waals surface area contributed by atoms with E-state index in [0.29, 0.717) is 12.8 Å². The first kappa shape index (κ1) is 18.0. The molecular formula is C18H24O4. The Labute approximate surface area is 132 Å². The lowest BCUT2D eigenvalue weighted by Gasteiger charge is -2.28. The quantitative estimate of drug-likeness (QED) is 0.399. The first-order chi connectivity index (χ1) is 10.6. The van der Waals surface area contributed by atoms with E-state index < -0.39 is 17.4 Å². The van der Waals surface area contributed by atoms with Crippen LogP contribution in [0.1, 0.15) is 32.3 Å². The predicted molar refractivity (Wildman–Crippen MR) is 85.3 cm³/mol. The largest absolute Gasteiger partial charge is 0.465 e. The van der Waals surface area contributed by atoms with Crippen LogP contribution in [-0.2, 0) is 25.5 Å². The Hall–Kier alpha value is -2.10. The third-order valence-electron chi connectivity index (χ3n) is 3.51. The van der Waals surface area contributed by atoms with Gasteiger partial charge in [-0.3, -0.25) is 9.59 Å². The summed E-state index contributed by atoms with van der Waals surface area (Å²) < 4.78 is 10.3. The first-order valence-electron chi connectivity index (χ1n) is 7.60. The highest BCUT2D eigenvalue weighted by Gasteiger charge is 2.47. The van der Waals surface area contributed by atoms with Gasteiger partial charge in [0.05, 0.1) is 13.2 Å². The summed E-state index contributed by atoms with van der Waals surface area (Å²) >= 11 is 0. The maximum Gasteiger partial charge on any atom is 0.323 e. The van der Waals surface area contributed by atoms with Crippen molar-refractivity contribution in [1.29, 1.82) is 0 Å². The van der Waals surface area contributed by atoms with Crippen LogP contribution in [0.15, 0.2) is 43.0 Å². The molecule has 0 aliphatic heterocycles. The van der Waals surface area contributed by atoms with Crippen LogP contribution < -0.4 is 0 Å². The molecule has 0 aliphatic rings. The number of carbonyl (C=O) groups is 2. The molecule has 120 valence electrons. The number of aryl methyl sites for hydroxylation is 1. The Bertz CT molecular complexity index is 475. The van der Waals surface area contributed by atoms with Crippen LogP contribution in [0.5, 0.6) is 0 Å². The van der Waals surface area contributed by atoms with Crippen molar-refractivity contribution in [3.8, 4) is 0 Å². The van der Waals surface area contributed by atoms with Gasteiger partial charge in [-0.1, -0.05) is 36.4 Å². The van der Waals surface area contributed by atoms with Crippen molar-refractivity contribution < 1.29 is 19.1 Å². The maximum atomic E-state index is 12.4. The molecule has 1 rings (SSSR count). The second kappa shape index (κ2) is 9.03. The molecule has 22 heavy (non-hydrogen) atoms. The minimum absolute atomic E-state index is 0.206. The minimum atomic E-state index is -1.32. The number of hydrogen-bond acceptors (Lipinski definition) is 4. The lowest BCUT2D eigenvalue weighted by molar-refractivity contribution is -0.172.